The topological polar surface area (TPSA) is 53.1 Å². The van der Waals surface area contributed by atoms with E-state index < -0.39 is 0 Å². The zero-order chi connectivity index (χ0) is 9.42. The third kappa shape index (κ3) is 1.02. The van der Waals surface area contributed by atoms with Gasteiger partial charge >= 0.3 is 0 Å². The number of rotatable bonds is 1. The number of nitrogens with zero attached hydrogens (tertiary/aromatic N) is 2. The summed E-state index contributed by atoms with van der Waals surface area (Å²) in [6.45, 7) is 0. The molecule has 68 valence electrons. The number of imidazole rings is 1. The Kier molecular flexibility index (Phi) is 1.62. The van der Waals surface area contributed by atoms with Crippen molar-refractivity contribution in [1.29, 1.82) is 0 Å². The van der Waals surface area contributed by atoms with Crippen molar-refractivity contribution in [2.24, 2.45) is 7.05 Å². The number of hydrogen-bond donors (Lipinski definition) is 1. The largest absolute Gasteiger partial charge is 0.494 e. The molecule has 0 fully saturated rings. The monoisotopic (exact) mass is 177 g/mol. The van der Waals surface area contributed by atoms with E-state index in [1.807, 2.05) is 29.8 Å². The Balaban J connectivity index is 2.84. The number of aromatic nitrogens is 2. The number of nitrogens with two attached hydrogens (primary N) is 1. The molecule has 0 saturated carbocycles. The first-order valence-corrected chi connectivity index (χ1v) is 3.99. The first-order chi connectivity index (χ1) is 6.24. The first kappa shape index (κ1) is 7.91. The molecule has 0 radical (unpaired) electrons. The number of methoxy groups -OCH3 is 1. The third-order valence-corrected chi connectivity index (χ3v) is 2.13. The molecule has 0 atom stereocenters. The van der Waals surface area contributed by atoms with Crippen LogP contribution in [0.2, 0.25) is 0 Å². The summed E-state index contributed by atoms with van der Waals surface area (Å²) in [7, 11) is 3.50. The molecule has 13 heavy (non-hydrogen) atoms. The van der Waals surface area contributed by atoms with Crippen LogP contribution in [0.5, 0.6) is 5.75 Å². The summed E-state index contributed by atoms with van der Waals surface area (Å²) < 4.78 is 7.00. The molecule has 1 heterocycles. The van der Waals surface area contributed by atoms with E-state index in [2.05, 4.69) is 4.98 Å². The van der Waals surface area contributed by atoms with E-state index in [0.717, 1.165) is 16.8 Å². The molecule has 0 spiro atoms. The van der Waals surface area contributed by atoms with Gasteiger partial charge in [0.25, 0.3) is 0 Å². The van der Waals surface area contributed by atoms with Gasteiger partial charge < -0.3 is 15.0 Å². The number of anilines is 1. The van der Waals surface area contributed by atoms with Gasteiger partial charge in [-0.3, -0.25) is 0 Å². The van der Waals surface area contributed by atoms with Gasteiger partial charge in [0, 0.05) is 7.05 Å². The van der Waals surface area contributed by atoms with E-state index in [9.17, 15) is 0 Å². The lowest BCUT2D eigenvalue weighted by atomic mass is 10.3. The van der Waals surface area contributed by atoms with Crippen LogP contribution in [0.25, 0.3) is 11.0 Å². The van der Waals surface area contributed by atoms with Gasteiger partial charge in [-0.2, -0.15) is 0 Å². The molecule has 4 nitrogen and oxygen atoms in total. The fourth-order valence-corrected chi connectivity index (χ4v) is 1.37. The molecule has 0 saturated heterocycles. The summed E-state index contributed by atoms with van der Waals surface area (Å²) in [5, 5.41) is 0. The minimum Gasteiger partial charge on any atom is -0.494 e. The molecule has 1 aromatic heterocycles. The van der Waals surface area contributed by atoms with Crippen molar-refractivity contribution in [2.45, 2.75) is 0 Å². The maximum absolute atomic E-state index is 5.67. The van der Waals surface area contributed by atoms with Crippen LogP contribution in [0.4, 0.5) is 5.95 Å². The van der Waals surface area contributed by atoms with Gasteiger partial charge in [-0.05, 0) is 12.1 Å². The predicted octanol–water partition coefficient (Wildman–Crippen LogP) is 1.16. The number of fused-ring (bicyclic) bond motifs is 1. The third-order valence-electron chi connectivity index (χ3n) is 2.13. The normalized spacial score (nSPS) is 10.6. The highest BCUT2D eigenvalue weighted by atomic mass is 16.5. The number of nitrogen functional groups attached to an aromatic ring is 1. The second kappa shape index (κ2) is 2.65. The molecular weight excluding hydrogens is 166 g/mol. The second-order valence-corrected chi connectivity index (χ2v) is 2.86. The van der Waals surface area contributed by atoms with E-state index in [0.29, 0.717) is 5.95 Å². The lowest BCUT2D eigenvalue weighted by Crippen LogP contribution is -1.95. The SMILES string of the molecule is COc1cccc2c1nc(N)n2C. The lowest BCUT2D eigenvalue weighted by molar-refractivity contribution is 0.419. The fraction of sp³-hybridized carbons (Fsp3) is 0.222. The first-order valence-electron chi connectivity index (χ1n) is 3.99. The summed E-state index contributed by atoms with van der Waals surface area (Å²) in [5.41, 5.74) is 7.47. The predicted molar refractivity (Wildman–Crippen MR) is 51.7 cm³/mol. The molecule has 0 aliphatic rings. The van der Waals surface area contributed by atoms with Crippen LogP contribution in [0, 0.1) is 0 Å². The molecule has 2 aromatic rings. The zero-order valence-corrected chi connectivity index (χ0v) is 7.61. The fourth-order valence-electron chi connectivity index (χ4n) is 1.37. The Morgan fingerprint density at radius 1 is 1.46 bits per heavy atom. The van der Waals surface area contributed by atoms with Gasteiger partial charge in [0.2, 0.25) is 5.95 Å². The number of ether oxygens (including phenoxy) is 1. The van der Waals surface area contributed by atoms with Crippen LogP contribution in [0.15, 0.2) is 18.2 Å². The van der Waals surface area contributed by atoms with Crippen LogP contribution in [0.3, 0.4) is 0 Å². The highest BCUT2D eigenvalue weighted by Gasteiger charge is 2.08. The molecule has 0 aliphatic carbocycles. The van der Waals surface area contributed by atoms with E-state index in [-0.39, 0.29) is 0 Å². The van der Waals surface area contributed by atoms with Gasteiger partial charge in [-0.25, -0.2) is 4.98 Å². The van der Waals surface area contributed by atoms with E-state index in [1.54, 1.807) is 7.11 Å². The van der Waals surface area contributed by atoms with Crippen molar-refractivity contribution in [3.63, 3.8) is 0 Å². The summed E-state index contributed by atoms with van der Waals surface area (Å²) in [5.74, 6) is 1.25. The van der Waals surface area contributed by atoms with Crippen molar-refractivity contribution in [1.82, 2.24) is 9.55 Å². The Morgan fingerprint density at radius 2 is 2.23 bits per heavy atom. The number of benzene rings is 1. The molecule has 0 aliphatic heterocycles. The van der Waals surface area contributed by atoms with Gasteiger partial charge in [0.05, 0.1) is 12.6 Å². The molecular formula is C9H11N3O. The van der Waals surface area contributed by atoms with Gasteiger partial charge in [0.1, 0.15) is 11.3 Å². The van der Waals surface area contributed by atoms with Crippen LogP contribution < -0.4 is 10.5 Å². The average molecular weight is 177 g/mol. The lowest BCUT2D eigenvalue weighted by Gasteiger charge is -1.99. The van der Waals surface area contributed by atoms with Crippen molar-refractivity contribution in [3.8, 4) is 5.75 Å². The summed E-state index contributed by atoms with van der Waals surface area (Å²) in [4.78, 5) is 4.20. The summed E-state index contributed by atoms with van der Waals surface area (Å²) in [6, 6.07) is 5.75. The molecule has 1 aromatic carbocycles. The summed E-state index contributed by atoms with van der Waals surface area (Å²) >= 11 is 0. The molecule has 0 amide bonds. The standard InChI is InChI=1S/C9H11N3O/c1-12-6-4-3-5-7(13-2)8(6)11-9(12)10/h3-5H,1-2H3,(H2,10,11). The van der Waals surface area contributed by atoms with Crippen LogP contribution in [-0.2, 0) is 7.05 Å². The zero-order valence-electron chi connectivity index (χ0n) is 7.61. The summed E-state index contributed by atoms with van der Waals surface area (Å²) in [6.07, 6.45) is 0. The molecule has 4 heteroatoms. The Bertz CT molecular complexity index is 447. The smallest absolute Gasteiger partial charge is 0.201 e. The van der Waals surface area contributed by atoms with Crippen molar-refractivity contribution >= 4 is 17.0 Å². The number of hydrogen-bond acceptors (Lipinski definition) is 3. The Hall–Kier alpha value is -1.71. The van der Waals surface area contributed by atoms with Gasteiger partial charge in [0.15, 0.2) is 0 Å². The van der Waals surface area contributed by atoms with Crippen LogP contribution in [0.1, 0.15) is 0 Å². The van der Waals surface area contributed by atoms with Gasteiger partial charge in [-0.1, -0.05) is 6.07 Å². The number of para-hydroxylation sites is 1. The quantitative estimate of drug-likeness (QED) is 0.711. The van der Waals surface area contributed by atoms with Crippen molar-refractivity contribution in [3.05, 3.63) is 18.2 Å². The van der Waals surface area contributed by atoms with Gasteiger partial charge in [-0.15, -0.1) is 0 Å². The van der Waals surface area contributed by atoms with E-state index in [1.165, 1.54) is 0 Å². The highest BCUT2D eigenvalue weighted by Crippen LogP contribution is 2.25. The van der Waals surface area contributed by atoms with Crippen LogP contribution in [-0.4, -0.2) is 16.7 Å². The molecule has 0 unspecified atom stereocenters. The minimum atomic E-state index is 0.500. The molecule has 2 N–H and O–H groups in total. The van der Waals surface area contributed by atoms with Crippen molar-refractivity contribution in [2.75, 3.05) is 12.8 Å². The molecule has 2 rings (SSSR count). The average Bonchev–Trinajstić information content (AvgIpc) is 2.43. The van der Waals surface area contributed by atoms with E-state index in [4.69, 9.17) is 10.5 Å². The Morgan fingerprint density at radius 3 is 2.92 bits per heavy atom. The van der Waals surface area contributed by atoms with Crippen molar-refractivity contribution < 1.29 is 4.74 Å². The number of aryl methyl sites for hydroxylation is 1. The Labute approximate surface area is 75.9 Å². The second-order valence-electron chi connectivity index (χ2n) is 2.86. The maximum Gasteiger partial charge on any atom is 0.201 e. The molecule has 0 bridgehead atoms. The highest BCUT2D eigenvalue weighted by molar-refractivity contribution is 5.84. The van der Waals surface area contributed by atoms with E-state index >= 15 is 0 Å². The maximum atomic E-state index is 5.67. The van der Waals surface area contributed by atoms with Crippen LogP contribution >= 0.6 is 0 Å². The minimum absolute atomic E-state index is 0.500.